The van der Waals surface area contributed by atoms with Crippen molar-refractivity contribution in [3.63, 3.8) is 0 Å². The Bertz CT molecular complexity index is 514. The van der Waals surface area contributed by atoms with E-state index < -0.39 is 16.3 Å². The van der Waals surface area contributed by atoms with E-state index in [4.69, 9.17) is 10.5 Å². The number of aromatic nitrogens is 1. The van der Waals surface area contributed by atoms with E-state index in [-0.39, 0.29) is 5.25 Å². The first-order valence-electron chi connectivity index (χ1n) is 5.76. The molecule has 0 aromatic carbocycles. The molecule has 1 atom stereocenters. The molecule has 100 valence electrons. The first-order chi connectivity index (χ1) is 8.51. The van der Waals surface area contributed by atoms with Gasteiger partial charge in [0.15, 0.2) is 0 Å². The van der Waals surface area contributed by atoms with E-state index in [2.05, 4.69) is 9.71 Å². The summed E-state index contributed by atoms with van der Waals surface area (Å²) in [5.74, 6) is 0. The topological polar surface area (TPSA) is 94.3 Å². The van der Waals surface area contributed by atoms with Crippen LogP contribution in [0.5, 0.6) is 0 Å². The maximum Gasteiger partial charge on any atom is 0.235 e. The van der Waals surface area contributed by atoms with Crippen molar-refractivity contribution < 1.29 is 13.2 Å². The van der Waals surface area contributed by atoms with Crippen LogP contribution in [0.3, 0.4) is 0 Å². The van der Waals surface area contributed by atoms with Gasteiger partial charge in [0.25, 0.3) is 0 Å². The quantitative estimate of drug-likeness (QED) is 0.733. The lowest BCUT2D eigenvalue weighted by molar-refractivity contribution is 0.108. The summed E-state index contributed by atoms with van der Waals surface area (Å²) in [5, 5.41) is -0.240. The van der Waals surface area contributed by atoms with Gasteiger partial charge in [0.1, 0.15) is 6.23 Å². The summed E-state index contributed by atoms with van der Waals surface area (Å²) in [7, 11) is -1.71. The zero-order valence-electron chi connectivity index (χ0n) is 10.2. The number of pyridine rings is 1. The van der Waals surface area contributed by atoms with Gasteiger partial charge in [0, 0.05) is 25.4 Å². The number of nitrogens with two attached hydrogens (primary N) is 1. The number of methoxy groups -OCH3 is 1. The van der Waals surface area contributed by atoms with Gasteiger partial charge in [-0.15, -0.1) is 0 Å². The minimum absolute atomic E-state index is 0.240. The first-order valence-corrected chi connectivity index (χ1v) is 7.31. The van der Waals surface area contributed by atoms with Crippen molar-refractivity contribution in [2.24, 2.45) is 5.73 Å². The van der Waals surface area contributed by atoms with Gasteiger partial charge in [0.2, 0.25) is 10.0 Å². The average Bonchev–Trinajstić information content (AvgIpc) is 3.12. The van der Waals surface area contributed by atoms with E-state index >= 15 is 0 Å². The SMILES string of the molecule is CO[C@H](N)Cc1cc(NS(=O)(=O)C2CC2)ccn1. The fourth-order valence-electron chi connectivity index (χ4n) is 1.57. The molecule has 0 spiro atoms. The van der Waals surface area contributed by atoms with Crippen molar-refractivity contribution >= 4 is 15.7 Å². The van der Waals surface area contributed by atoms with Gasteiger partial charge in [-0.1, -0.05) is 0 Å². The zero-order valence-corrected chi connectivity index (χ0v) is 11.0. The van der Waals surface area contributed by atoms with E-state index in [1.807, 2.05) is 0 Å². The molecule has 0 radical (unpaired) electrons. The Morgan fingerprint density at radius 2 is 2.33 bits per heavy atom. The highest BCUT2D eigenvalue weighted by Gasteiger charge is 2.35. The number of hydrogen-bond donors (Lipinski definition) is 2. The predicted octanol–water partition coefficient (Wildman–Crippen LogP) is 0.459. The second kappa shape index (κ2) is 5.21. The third-order valence-corrected chi connectivity index (χ3v) is 4.62. The first kappa shape index (κ1) is 13.3. The summed E-state index contributed by atoms with van der Waals surface area (Å²) in [6.07, 6.45) is 3.04. The highest BCUT2D eigenvalue weighted by molar-refractivity contribution is 7.93. The van der Waals surface area contributed by atoms with Crippen LogP contribution in [0.25, 0.3) is 0 Å². The molecule has 6 nitrogen and oxygen atoms in total. The molecule has 1 heterocycles. The van der Waals surface area contributed by atoms with E-state index in [1.165, 1.54) is 7.11 Å². The Morgan fingerprint density at radius 3 is 2.94 bits per heavy atom. The van der Waals surface area contributed by atoms with Crippen LogP contribution in [0.4, 0.5) is 5.69 Å². The molecule has 1 fully saturated rings. The highest BCUT2D eigenvalue weighted by atomic mass is 32.2. The summed E-state index contributed by atoms with van der Waals surface area (Å²) in [6.45, 7) is 0. The molecular formula is C11H17N3O3S. The van der Waals surface area contributed by atoms with Crippen molar-refractivity contribution in [2.45, 2.75) is 30.7 Å². The van der Waals surface area contributed by atoms with Crippen molar-refractivity contribution in [3.05, 3.63) is 24.0 Å². The minimum atomic E-state index is -3.23. The molecule has 18 heavy (non-hydrogen) atoms. The van der Waals surface area contributed by atoms with Crippen LogP contribution in [0.2, 0.25) is 0 Å². The summed E-state index contributed by atoms with van der Waals surface area (Å²) < 4.78 is 31.0. The van der Waals surface area contributed by atoms with Gasteiger partial charge in [-0.2, -0.15) is 0 Å². The molecule has 1 saturated carbocycles. The monoisotopic (exact) mass is 271 g/mol. The van der Waals surface area contributed by atoms with Crippen molar-refractivity contribution in [1.82, 2.24) is 4.98 Å². The molecule has 1 aliphatic carbocycles. The number of nitrogens with zero attached hydrogens (tertiary/aromatic N) is 1. The fraction of sp³-hybridized carbons (Fsp3) is 0.545. The van der Waals surface area contributed by atoms with Crippen LogP contribution < -0.4 is 10.5 Å². The van der Waals surface area contributed by atoms with Crippen molar-refractivity contribution in [2.75, 3.05) is 11.8 Å². The molecule has 0 unspecified atom stereocenters. The maximum absolute atomic E-state index is 11.8. The van der Waals surface area contributed by atoms with E-state index in [0.717, 1.165) is 12.8 Å². The third kappa shape index (κ3) is 3.41. The standard InChI is InChI=1S/C11H17N3O3S/c1-17-11(12)7-9-6-8(4-5-13-9)14-18(15,16)10-2-3-10/h4-6,10-11H,2-3,7,12H2,1H3,(H,13,14)/t11-/m0/s1. The van der Waals surface area contributed by atoms with Crippen molar-refractivity contribution in [1.29, 1.82) is 0 Å². The van der Waals surface area contributed by atoms with E-state index in [1.54, 1.807) is 18.3 Å². The van der Waals surface area contributed by atoms with Gasteiger partial charge >= 0.3 is 0 Å². The second-order valence-corrected chi connectivity index (χ2v) is 6.32. The molecule has 3 N–H and O–H groups in total. The van der Waals surface area contributed by atoms with Crippen LogP contribution in [0, 0.1) is 0 Å². The molecule has 0 aliphatic heterocycles. The number of sulfonamides is 1. The number of rotatable bonds is 6. The molecule has 7 heteroatoms. The van der Waals surface area contributed by atoms with Gasteiger partial charge in [-0.3, -0.25) is 9.71 Å². The van der Waals surface area contributed by atoms with Crippen LogP contribution in [0.15, 0.2) is 18.3 Å². The second-order valence-electron chi connectivity index (χ2n) is 4.36. The van der Waals surface area contributed by atoms with Crippen LogP contribution in [-0.4, -0.2) is 32.0 Å². The number of ether oxygens (including phenoxy) is 1. The largest absolute Gasteiger partial charge is 0.366 e. The lowest BCUT2D eigenvalue weighted by Crippen LogP contribution is -2.25. The Kier molecular flexibility index (Phi) is 3.84. The number of nitrogens with one attached hydrogen (secondary N) is 1. The third-order valence-electron chi connectivity index (χ3n) is 2.75. The Hall–Kier alpha value is -1.18. The molecule has 0 bridgehead atoms. The molecule has 2 rings (SSSR count). The molecule has 0 amide bonds. The zero-order chi connectivity index (χ0) is 13.2. The molecular weight excluding hydrogens is 254 g/mol. The average molecular weight is 271 g/mol. The fourth-order valence-corrected chi connectivity index (χ4v) is 2.95. The summed E-state index contributed by atoms with van der Waals surface area (Å²) >= 11 is 0. The normalized spacial score (nSPS) is 17.4. The van der Waals surface area contributed by atoms with Crippen LogP contribution in [0.1, 0.15) is 18.5 Å². The number of hydrogen-bond acceptors (Lipinski definition) is 5. The Morgan fingerprint density at radius 1 is 1.61 bits per heavy atom. The molecule has 0 saturated heterocycles. The lowest BCUT2D eigenvalue weighted by Gasteiger charge is -2.11. The smallest absolute Gasteiger partial charge is 0.235 e. The summed E-state index contributed by atoms with van der Waals surface area (Å²) in [5.41, 5.74) is 6.86. The van der Waals surface area contributed by atoms with Gasteiger partial charge in [0.05, 0.1) is 10.9 Å². The van der Waals surface area contributed by atoms with Crippen LogP contribution in [-0.2, 0) is 21.2 Å². The highest BCUT2D eigenvalue weighted by Crippen LogP contribution is 2.29. The van der Waals surface area contributed by atoms with Gasteiger partial charge in [-0.25, -0.2) is 8.42 Å². The Balaban J connectivity index is 2.07. The molecule has 1 aliphatic rings. The lowest BCUT2D eigenvalue weighted by atomic mass is 10.2. The number of anilines is 1. The molecule has 1 aromatic heterocycles. The molecule has 1 aromatic rings. The predicted molar refractivity (Wildman–Crippen MR) is 68.5 cm³/mol. The Labute approximate surface area is 107 Å². The van der Waals surface area contributed by atoms with E-state index in [9.17, 15) is 8.42 Å². The summed E-state index contributed by atoms with van der Waals surface area (Å²) in [4.78, 5) is 4.12. The van der Waals surface area contributed by atoms with Crippen molar-refractivity contribution in [3.8, 4) is 0 Å². The van der Waals surface area contributed by atoms with Gasteiger partial charge < -0.3 is 10.5 Å². The maximum atomic E-state index is 11.8. The minimum Gasteiger partial charge on any atom is -0.366 e. The van der Waals surface area contributed by atoms with Gasteiger partial charge in [-0.05, 0) is 25.0 Å². The summed E-state index contributed by atoms with van der Waals surface area (Å²) in [6, 6.07) is 3.31. The van der Waals surface area contributed by atoms with E-state index in [0.29, 0.717) is 17.8 Å². The van der Waals surface area contributed by atoms with Crippen LogP contribution >= 0.6 is 0 Å².